The van der Waals surface area contributed by atoms with E-state index in [9.17, 15) is 0 Å². The van der Waals surface area contributed by atoms with Gasteiger partial charge in [-0.15, -0.1) is 0 Å². The summed E-state index contributed by atoms with van der Waals surface area (Å²) in [5.74, 6) is 0. The monoisotopic (exact) mass is 349 g/mol. The molecule has 0 amide bonds. The van der Waals surface area contributed by atoms with Crippen LogP contribution in [0.3, 0.4) is 0 Å². The van der Waals surface area contributed by atoms with E-state index < -0.39 is 0 Å². The minimum absolute atomic E-state index is 0.853. The fourth-order valence-corrected chi connectivity index (χ4v) is 3.40. The van der Waals surface area contributed by atoms with Gasteiger partial charge in [-0.05, 0) is 54.8 Å². The lowest BCUT2D eigenvalue weighted by Gasteiger charge is -2.22. The molecule has 0 saturated carbocycles. The summed E-state index contributed by atoms with van der Waals surface area (Å²) in [7, 11) is 2.14. The number of hydrogen-bond acceptors (Lipinski definition) is 2. The molecular weight excluding hydrogens is 326 g/mol. The largest absolute Gasteiger partial charge is 0.368 e. The van der Waals surface area contributed by atoms with E-state index in [1.54, 1.807) is 0 Å². The predicted octanol–water partition coefficient (Wildman–Crippen LogP) is 4.48. The lowest BCUT2D eigenvalue weighted by atomic mass is 10.1. The second kappa shape index (κ2) is 6.65. The van der Waals surface area contributed by atoms with Crippen molar-refractivity contribution in [2.45, 2.75) is 47.2 Å². The Morgan fingerprint density at radius 2 is 1.95 bits per heavy atom. The first-order valence-corrected chi connectivity index (χ1v) is 8.29. The molecule has 1 aromatic carbocycles. The van der Waals surface area contributed by atoms with Crippen molar-refractivity contribution >= 4 is 21.6 Å². The summed E-state index contributed by atoms with van der Waals surface area (Å²) in [5, 5.41) is 4.67. The van der Waals surface area contributed by atoms with Gasteiger partial charge < -0.3 is 4.90 Å². The maximum absolute atomic E-state index is 4.67. The Balaban J connectivity index is 2.31. The van der Waals surface area contributed by atoms with Crippen molar-refractivity contribution in [1.82, 2.24) is 9.78 Å². The lowest BCUT2D eigenvalue weighted by molar-refractivity contribution is 0.609. The molecule has 21 heavy (non-hydrogen) atoms. The molecule has 0 unspecified atom stereocenters. The van der Waals surface area contributed by atoms with Crippen molar-refractivity contribution in [3.05, 3.63) is 45.2 Å². The first-order valence-electron chi connectivity index (χ1n) is 7.50. The van der Waals surface area contributed by atoms with Crippen LogP contribution < -0.4 is 4.90 Å². The van der Waals surface area contributed by atoms with Gasteiger partial charge in [0.05, 0.1) is 22.4 Å². The SMILES string of the molecule is CCc1nn(CC)c(CN(C)c2ccc(C)cc2C)c1Br. The van der Waals surface area contributed by atoms with Crippen molar-refractivity contribution in [3.8, 4) is 0 Å². The Hall–Kier alpha value is -1.29. The van der Waals surface area contributed by atoms with E-state index in [1.165, 1.54) is 22.5 Å². The maximum Gasteiger partial charge on any atom is 0.0767 e. The second-order valence-corrected chi connectivity index (χ2v) is 6.32. The summed E-state index contributed by atoms with van der Waals surface area (Å²) >= 11 is 3.72. The van der Waals surface area contributed by atoms with E-state index in [4.69, 9.17) is 0 Å². The van der Waals surface area contributed by atoms with Gasteiger partial charge in [0.1, 0.15) is 0 Å². The van der Waals surface area contributed by atoms with Crippen molar-refractivity contribution in [2.75, 3.05) is 11.9 Å². The van der Waals surface area contributed by atoms with Crippen LogP contribution >= 0.6 is 15.9 Å². The van der Waals surface area contributed by atoms with Crippen LogP contribution in [0.2, 0.25) is 0 Å². The second-order valence-electron chi connectivity index (χ2n) is 5.52. The van der Waals surface area contributed by atoms with E-state index >= 15 is 0 Å². The zero-order valence-electron chi connectivity index (χ0n) is 13.6. The quantitative estimate of drug-likeness (QED) is 0.793. The van der Waals surface area contributed by atoms with Crippen LogP contribution in [-0.2, 0) is 19.5 Å². The summed E-state index contributed by atoms with van der Waals surface area (Å²) in [5.41, 5.74) is 6.27. The number of rotatable bonds is 5. The van der Waals surface area contributed by atoms with Crippen molar-refractivity contribution in [2.24, 2.45) is 0 Å². The molecule has 0 bridgehead atoms. The molecule has 0 aliphatic carbocycles. The average Bonchev–Trinajstić information content (AvgIpc) is 2.75. The molecule has 0 aliphatic rings. The molecule has 0 spiro atoms. The molecule has 1 aromatic heterocycles. The number of benzene rings is 1. The highest BCUT2D eigenvalue weighted by molar-refractivity contribution is 9.10. The molecule has 0 N–H and O–H groups in total. The van der Waals surface area contributed by atoms with Gasteiger partial charge in [0.25, 0.3) is 0 Å². The first kappa shape index (κ1) is 16.1. The van der Waals surface area contributed by atoms with E-state index in [0.717, 1.165) is 29.7 Å². The van der Waals surface area contributed by atoms with Gasteiger partial charge in [-0.25, -0.2) is 0 Å². The summed E-state index contributed by atoms with van der Waals surface area (Å²) < 4.78 is 3.26. The van der Waals surface area contributed by atoms with Gasteiger partial charge in [-0.2, -0.15) is 5.10 Å². The number of anilines is 1. The van der Waals surface area contributed by atoms with Crippen LogP contribution in [0.15, 0.2) is 22.7 Å². The van der Waals surface area contributed by atoms with Crippen LogP contribution in [0.25, 0.3) is 0 Å². The summed E-state index contributed by atoms with van der Waals surface area (Å²) in [6, 6.07) is 6.60. The third-order valence-electron chi connectivity index (χ3n) is 3.84. The minimum atomic E-state index is 0.853. The Morgan fingerprint density at radius 3 is 2.52 bits per heavy atom. The summed E-state index contributed by atoms with van der Waals surface area (Å²) in [6.07, 6.45) is 0.952. The standard InChI is InChI=1S/C17H24BrN3/c1-6-14-17(18)16(21(7-2)19-14)11-20(5)15-9-8-12(3)10-13(15)4/h8-10H,6-7,11H2,1-5H3. The van der Waals surface area contributed by atoms with E-state index in [0.29, 0.717) is 0 Å². The van der Waals surface area contributed by atoms with Crippen molar-refractivity contribution in [3.63, 3.8) is 0 Å². The Kier molecular flexibility index (Phi) is 5.09. The summed E-state index contributed by atoms with van der Waals surface area (Å²) in [6.45, 7) is 10.3. The van der Waals surface area contributed by atoms with Crippen LogP contribution in [-0.4, -0.2) is 16.8 Å². The van der Waals surface area contributed by atoms with Gasteiger partial charge in [0.15, 0.2) is 0 Å². The molecule has 0 radical (unpaired) electrons. The number of aromatic nitrogens is 2. The van der Waals surface area contributed by atoms with E-state index in [1.807, 2.05) is 0 Å². The van der Waals surface area contributed by atoms with Crippen LogP contribution in [0.5, 0.6) is 0 Å². The van der Waals surface area contributed by atoms with Gasteiger partial charge in [-0.1, -0.05) is 24.6 Å². The Morgan fingerprint density at radius 1 is 1.24 bits per heavy atom. The normalized spacial score (nSPS) is 11.0. The van der Waals surface area contributed by atoms with E-state index in [2.05, 4.69) is 83.6 Å². The molecule has 4 heteroatoms. The van der Waals surface area contributed by atoms with Gasteiger partial charge >= 0.3 is 0 Å². The predicted molar refractivity (Wildman–Crippen MR) is 93.0 cm³/mol. The van der Waals surface area contributed by atoms with Crippen LogP contribution in [0.1, 0.15) is 36.4 Å². The van der Waals surface area contributed by atoms with Crippen molar-refractivity contribution in [1.29, 1.82) is 0 Å². The molecule has 0 fully saturated rings. The van der Waals surface area contributed by atoms with Crippen LogP contribution in [0, 0.1) is 13.8 Å². The fraction of sp³-hybridized carbons (Fsp3) is 0.471. The minimum Gasteiger partial charge on any atom is -0.368 e. The van der Waals surface area contributed by atoms with Crippen LogP contribution in [0.4, 0.5) is 5.69 Å². The number of halogens is 1. The molecule has 1 heterocycles. The molecule has 3 nitrogen and oxygen atoms in total. The number of nitrogens with zero attached hydrogens (tertiary/aromatic N) is 3. The average molecular weight is 350 g/mol. The van der Waals surface area contributed by atoms with E-state index in [-0.39, 0.29) is 0 Å². The fourth-order valence-electron chi connectivity index (χ4n) is 2.71. The molecule has 114 valence electrons. The highest BCUT2D eigenvalue weighted by atomic mass is 79.9. The maximum atomic E-state index is 4.67. The highest BCUT2D eigenvalue weighted by Crippen LogP contribution is 2.27. The zero-order valence-corrected chi connectivity index (χ0v) is 15.2. The zero-order chi connectivity index (χ0) is 15.6. The van der Waals surface area contributed by atoms with Crippen molar-refractivity contribution < 1.29 is 0 Å². The molecule has 2 aromatic rings. The van der Waals surface area contributed by atoms with Gasteiger partial charge in [0, 0.05) is 19.3 Å². The van der Waals surface area contributed by atoms with Gasteiger partial charge in [0.2, 0.25) is 0 Å². The molecule has 0 atom stereocenters. The Bertz CT molecular complexity index is 631. The third-order valence-corrected chi connectivity index (χ3v) is 4.76. The molecule has 2 rings (SSSR count). The highest BCUT2D eigenvalue weighted by Gasteiger charge is 2.16. The smallest absolute Gasteiger partial charge is 0.0767 e. The topological polar surface area (TPSA) is 21.1 Å². The number of aryl methyl sites for hydroxylation is 4. The van der Waals surface area contributed by atoms with Gasteiger partial charge in [-0.3, -0.25) is 4.68 Å². The Labute approximate surface area is 136 Å². The molecular formula is C17H24BrN3. The summed E-state index contributed by atoms with van der Waals surface area (Å²) in [4.78, 5) is 2.29. The lowest BCUT2D eigenvalue weighted by Crippen LogP contribution is -2.20. The molecule has 0 saturated heterocycles. The number of hydrogen-bond donors (Lipinski definition) is 0. The third kappa shape index (κ3) is 3.31. The molecule has 0 aliphatic heterocycles. The first-order chi connectivity index (χ1) is 9.97.